The van der Waals surface area contributed by atoms with Crippen molar-refractivity contribution in [2.75, 3.05) is 12.4 Å². The van der Waals surface area contributed by atoms with Crippen LogP contribution in [0.2, 0.25) is 5.15 Å². The molecule has 0 aliphatic rings. The van der Waals surface area contributed by atoms with Gasteiger partial charge in [0.1, 0.15) is 5.15 Å². The summed E-state index contributed by atoms with van der Waals surface area (Å²) < 4.78 is 1.71. The highest BCUT2D eigenvalue weighted by Crippen LogP contribution is 2.18. The number of aromatic nitrogens is 2. The summed E-state index contributed by atoms with van der Waals surface area (Å²) in [4.78, 5) is 0. The summed E-state index contributed by atoms with van der Waals surface area (Å²) in [6.45, 7) is 5.94. The van der Waals surface area contributed by atoms with Gasteiger partial charge in [-0.15, -0.1) is 11.6 Å². The Morgan fingerprint density at radius 1 is 1.47 bits per heavy atom. The molecule has 0 spiro atoms. The van der Waals surface area contributed by atoms with Crippen LogP contribution in [0.15, 0.2) is 0 Å². The molecule has 0 aromatic carbocycles. The Morgan fingerprint density at radius 2 is 2.18 bits per heavy atom. The van der Waals surface area contributed by atoms with E-state index in [4.69, 9.17) is 23.2 Å². The van der Waals surface area contributed by atoms with Crippen molar-refractivity contribution in [1.82, 2.24) is 15.1 Å². The van der Waals surface area contributed by atoms with Crippen LogP contribution in [0.25, 0.3) is 0 Å². The second-order valence-corrected chi connectivity index (χ2v) is 5.10. The highest BCUT2D eigenvalue weighted by Gasteiger charge is 2.11. The Kier molecular flexibility index (Phi) is 6.31. The van der Waals surface area contributed by atoms with E-state index in [9.17, 15) is 0 Å². The maximum atomic E-state index is 6.16. The van der Waals surface area contributed by atoms with E-state index in [2.05, 4.69) is 17.3 Å². The van der Waals surface area contributed by atoms with Crippen LogP contribution in [0.5, 0.6) is 0 Å². The second kappa shape index (κ2) is 7.24. The molecule has 0 amide bonds. The highest BCUT2D eigenvalue weighted by molar-refractivity contribution is 6.30. The molecule has 17 heavy (non-hydrogen) atoms. The summed E-state index contributed by atoms with van der Waals surface area (Å²) in [5.74, 6) is 1.37. The van der Waals surface area contributed by atoms with Crippen LogP contribution in [0, 0.1) is 12.8 Å². The fourth-order valence-corrected chi connectivity index (χ4v) is 2.43. The number of nitrogens with zero attached hydrogens (tertiary/aromatic N) is 2. The van der Waals surface area contributed by atoms with Gasteiger partial charge in [0.15, 0.2) is 0 Å². The number of hydrogen-bond donors (Lipinski definition) is 1. The Balaban J connectivity index is 2.45. The van der Waals surface area contributed by atoms with Gasteiger partial charge >= 0.3 is 0 Å². The zero-order valence-electron chi connectivity index (χ0n) is 10.8. The summed E-state index contributed by atoms with van der Waals surface area (Å²) in [7, 11) is 1.86. The number of rotatable bonds is 7. The molecule has 0 aliphatic carbocycles. The normalized spacial score (nSPS) is 13.0. The topological polar surface area (TPSA) is 29.9 Å². The highest BCUT2D eigenvalue weighted by atomic mass is 35.5. The number of hydrogen-bond acceptors (Lipinski definition) is 2. The fraction of sp³-hybridized carbons (Fsp3) is 0.750. The molecule has 1 atom stereocenters. The standard InChI is InChI=1S/C12H21Cl2N3/c1-4-10(5-6-13)7-15-8-11-9(2)16-17(3)12(11)14/h10,15H,4-8H2,1-3H3. The summed E-state index contributed by atoms with van der Waals surface area (Å²) in [6, 6.07) is 0. The van der Waals surface area contributed by atoms with Crippen LogP contribution >= 0.6 is 23.2 Å². The third-order valence-corrected chi connectivity index (χ3v) is 3.79. The van der Waals surface area contributed by atoms with E-state index >= 15 is 0 Å². The summed E-state index contributed by atoms with van der Waals surface area (Å²) in [5, 5.41) is 8.45. The first-order chi connectivity index (χ1) is 8.10. The van der Waals surface area contributed by atoms with Crippen molar-refractivity contribution >= 4 is 23.2 Å². The number of alkyl halides is 1. The average Bonchev–Trinajstić information content (AvgIpc) is 2.54. The van der Waals surface area contributed by atoms with Gasteiger partial charge in [0.25, 0.3) is 0 Å². The molecule has 0 saturated carbocycles. The minimum Gasteiger partial charge on any atom is -0.312 e. The van der Waals surface area contributed by atoms with Crippen molar-refractivity contribution in [3.63, 3.8) is 0 Å². The maximum Gasteiger partial charge on any atom is 0.131 e. The van der Waals surface area contributed by atoms with Gasteiger partial charge in [-0.25, -0.2) is 0 Å². The van der Waals surface area contributed by atoms with Crippen LogP contribution in [0.3, 0.4) is 0 Å². The van der Waals surface area contributed by atoms with Crippen molar-refractivity contribution in [1.29, 1.82) is 0 Å². The van der Waals surface area contributed by atoms with Crippen molar-refractivity contribution < 1.29 is 0 Å². The molecule has 0 bridgehead atoms. The Bertz CT molecular complexity index is 350. The van der Waals surface area contributed by atoms with Gasteiger partial charge in [-0.1, -0.05) is 24.9 Å². The van der Waals surface area contributed by atoms with Crippen LogP contribution in [-0.4, -0.2) is 22.2 Å². The lowest BCUT2D eigenvalue weighted by Crippen LogP contribution is -2.22. The van der Waals surface area contributed by atoms with Crippen LogP contribution in [0.4, 0.5) is 0 Å². The molecule has 0 radical (unpaired) electrons. The van der Waals surface area contributed by atoms with Crippen LogP contribution < -0.4 is 5.32 Å². The summed E-state index contributed by atoms with van der Waals surface area (Å²) in [6.07, 6.45) is 2.21. The number of nitrogens with one attached hydrogen (secondary N) is 1. The molecule has 98 valence electrons. The van der Waals surface area contributed by atoms with Crippen molar-refractivity contribution in [2.24, 2.45) is 13.0 Å². The molecular formula is C12H21Cl2N3. The largest absolute Gasteiger partial charge is 0.312 e. The number of aryl methyl sites for hydroxylation is 2. The van der Waals surface area contributed by atoms with E-state index < -0.39 is 0 Å². The second-order valence-electron chi connectivity index (χ2n) is 4.36. The van der Waals surface area contributed by atoms with E-state index in [1.165, 1.54) is 0 Å². The van der Waals surface area contributed by atoms with E-state index in [0.29, 0.717) is 5.92 Å². The predicted octanol–water partition coefficient (Wildman–Crippen LogP) is 3.13. The summed E-state index contributed by atoms with van der Waals surface area (Å²) >= 11 is 11.9. The smallest absolute Gasteiger partial charge is 0.131 e. The zero-order chi connectivity index (χ0) is 12.8. The SMILES string of the molecule is CCC(CCCl)CNCc1c(C)nn(C)c1Cl. The van der Waals surface area contributed by atoms with Gasteiger partial charge in [-0.2, -0.15) is 5.10 Å². The lowest BCUT2D eigenvalue weighted by molar-refractivity contribution is 0.451. The third kappa shape index (κ3) is 4.16. The van der Waals surface area contributed by atoms with Crippen LogP contribution in [-0.2, 0) is 13.6 Å². The predicted molar refractivity (Wildman–Crippen MR) is 73.8 cm³/mol. The molecule has 1 heterocycles. The quantitative estimate of drug-likeness (QED) is 0.777. The van der Waals surface area contributed by atoms with Crippen LogP contribution in [0.1, 0.15) is 31.0 Å². The van der Waals surface area contributed by atoms with Gasteiger partial charge < -0.3 is 5.32 Å². The molecule has 1 aromatic heterocycles. The van der Waals surface area contributed by atoms with E-state index in [0.717, 1.165) is 48.2 Å². The first-order valence-electron chi connectivity index (χ1n) is 6.04. The molecular weight excluding hydrogens is 257 g/mol. The molecule has 0 saturated heterocycles. The molecule has 3 nitrogen and oxygen atoms in total. The zero-order valence-corrected chi connectivity index (χ0v) is 12.3. The molecule has 1 aromatic rings. The minimum atomic E-state index is 0.642. The van der Waals surface area contributed by atoms with Gasteiger partial charge in [-0.3, -0.25) is 4.68 Å². The lowest BCUT2D eigenvalue weighted by Gasteiger charge is -2.14. The van der Waals surface area contributed by atoms with Gasteiger partial charge in [0.05, 0.1) is 5.69 Å². The molecule has 0 fully saturated rings. The summed E-state index contributed by atoms with van der Waals surface area (Å²) in [5.41, 5.74) is 2.09. The van der Waals surface area contributed by atoms with E-state index in [-0.39, 0.29) is 0 Å². The van der Waals surface area contributed by atoms with Crippen molar-refractivity contribution in [2.45, 2.75) is 33.2 Å². The van der Waals surface area contributed by atoms with Gasteiger partial charge in [0.2, 0.25) is 0 Å². The van der Waals surface area contributed by atoms with Crippen molar-refractivity contribution in [3.05, 3.63) is 16.4 Å². The number of halogens is 2. The van der Waals surface area contributed by atoms with Gasteiger partial charge in [0, 0.05) is 25.0 Å². The van der Waals surface area contributed by atoms with Gasteiger partial charge in [-0.05, 0) is 25.8 Å². The Labute approximate surface area is 113 Å². The molecule has 1 N–H and O–H groups in total. The molecule has 0 aliphatic heterocycles. The monoisotopic (exact) mass is 277 g/mol. The molecule has 5 heteroatoms. The maximum absolute atomic E-state index is 6.16. The lowest BCUT2D eigenvalue weighted by atomic mass is 10.0. The molecule has 1 rings (SSSR count). The Hall–Kier alpha value is -0.250. The molecule has 1 unspecified atom stereocenters. The fourth-order valence-electron chi connectivity index (χ4n) is 1.88. The average molecular weight is 278 g/mol. The Morgan fingerprint density at radius 3 is 2.65 bits per heavy atom. The van der Waals surface area contributed by atoms with Crippen molar-refractivity contribution in [3.8, 4) is 0 Å². The first-order valence-corrected chi connectivity index (χ1v) is 6.96. The first kappa shape index (κ1) is 14.8. The minimum absolute atomic E-state index is 0.642. The van der Waals surface area contributed by atoms with E-state index in [1.54, 1.807) is 4.68 Å². The van der Waals surface area contributed by atoms with E-state index in [1.807, 2.05) is 14.0 Å². The third-order valence-electron chi connectivity index (χ3n) is 3.10.